The molecule has 0 atom stereocenters. The van der Waals surface area contributed by atoms with Crippen LogP contribution in [-0.2, 0) is 4.79 Å². The summed E-state index contributed by atoms with van der Waals surface area (Å²) in [7, 11) is 0. The van der Waals surface area contributed by atoms with E-state index in [1.807, 2.05) is 6.92 Å². The number of aromatic nitrogens is 1. The summed E-state index contributed by atoms with van der Waals surface area (Å²) in [6.07, 6.45) is 1.27. The van der Waals surface area contributed by atoms with Crippen LogP contribution in [0.5, 0.6) is 0 Å². The number of anilines is 1. The maximum Gasteiger partial charge on any atom is 0.226 e. The van der Waals surface area contributed by atoms with E-state index in [9.17, 15) is 9.59 Å². The van der Waals surface area contributed by atoms with Crippen LogP contribution in [0.1, 0.15) is 35.1 Å². The molecule has 0 aliphatic carbocycles. The number of aryl methyl sites for hydroxylation is 1. The molecule has 6 heteroatoms. The summed E-state index contributed by atoms with van der Waals surface area (Å²) in [4.78, 5) is 27.6. The maximum atomic E-state index is 11.5. The highest BCUT2D eigenvalue weighted by molar-refractivity contribution is 9.09. The molecule has 1 amide bonds. The van der Waals surface area contributed by atoms with Gasteiger partial charge in [-0.15, -0.1) is 0 Å². The third-order valence-electron chi connectivity index (χ3n) is 1.89. The van der Waals surface area contributed by atoms with Crippen LogP contribution < -0.4 is 5.32 Å². The molecule has 1 heterocycles. The van der Waals surface area contributed by atoms with Gasteiger partial charge < -0.3 is 5.32 Å². The Morgan fingerprint density at radius 1 is 1.50 bits per heavy atom. The molecule has 88 valence electrons. The van der Waals surface area contributed by atoms with Gasteiger partial charge in [-0.2, -0.15) is 0 Å². The van der Waals surface area contributed by atoms with Crippen LogP contribution in [0.3, 0.4) is 0 Å². The van der Waals surface area contributed by atoms with Crippen molar-refractivity contribution in [3.05, 3.63) is 10.6 Å². The molecule has 0 fully saturated rings. The first-order chi connectivity index (χ1) is 7.58. The number of hydrogen-bond donors (Lipinski definition) is 1. The Labute approximate surface area is 107 Å². The number of nitrogens with zero attached hydrogens (tertiary/aromatic N) is 1. The monoisotopic (exact) mass is 304 g/mol. The van der Waals surface area contributed by atoms with E-state index in [0.717, 1.165) is 6.42 Å². The lowest BCUT2D eigenvalue weighted by molar-refractivity contribution is -0.116. The van der Waals surface area contributed by atoms with E-state index in [-0.39, 0.29) is 17.0 Å². The number of carbonyl (C=O) groups is 2. The van der Waals surface area contributed by atoms with Gasteiger partial charge in [0.2, 0.25) is 5.91 Å². The molecule has 1 aromatic rings. The molecule has 0 radical (unpaired) electrons. The minimum absolute atomic E-state index is 0.00834. The standard InChI is InChI=1S/C10H13BrN2O2S/c1-3-4-8(15)13-10-12-6(2)9(16-10)7(14)5-11/h3-5H2,1-2H3,(H,12,13,15). The summed E-state index contributed by atoms with van der Waals surface area (Å²) in [6.45, 7) is 3.70. The van der Waals surface area contributed by atoms with Crippen LogP contribution in [0.25, 0.3) is 0 Å². The summed E-state index contributed by atoms with van der Waals surface area (Å²) in [5.41, 5.74) is 0.668. The summed E-state index contributed by atoms with van der Waals surface area (Å²) in [6, 6.07) is 0. The minimum atomic E-state index is -0.0610. The smallest absolute Gasteiger partial charge is 0.226 e. The quantitative estimate of drug-likeness (QED) is 0.672. The van der Waals surface area contributed by atoms with Crippen molar-refractivity contribution in [2.75, 3.05) is 10.6 Å². The van der Waals surface area contributed by atoms with Crippen molar-refractivity contribution in [3.8, 4) is 0 Å². The number of ketones is 1. The van der Waals surface area contributed by atoms with Gasteiger partial charge in [-0.3, -0.25) is 9.59 Å². The number of amides is 1. The zero-order valence-electron chi connectivity index (χ0n) is 9.17. The van der Waals surface area contributed by atoms with Gasteiger partial charge in [-0.25, -0.2) is 4.98 Å². The van der Waals surface area contributed by atoms with Crippen molar-refractivity contribution in [2.24, 2.45) is 0 Å². The van der Waals surface area contributed by atoms with Gasteiger partial charge in [-0.05, 0) is 13.3 Å². The molecule has 1 aromatic heterocycles. The SMILES string of the molecule is CCCC(=O)Nc1nc(C)c(C(=O)CBr)s1. The second-order valence-electron chi connectivity index (χ2n) is 3.29. The van der Waals surface area contributed by atoms with Gasteiger partial charge in [0.25, 0.3) is 0 Å². The molecule has 4 nitrogen and oxygen atoms in total. The third kappa shape index (κ3) is 3.38. The average Bonchev–Trinajstić information content (AvgIpc) is 2.58. The Balaban J connectivity index is 2.77. The summed E-state index contributed by atoms with van der Waals surface area (Å²) < 4.78 is 0. The number of nitrogens with one attached hydrogen (secondary N) is 1. The van der Waals surface area contributed by atoms with Gasteiger partial charge in [0.1, 0.15) is 0 Å². The predicted molar refractivity (Wildman–Crippen MR) is 68.5 cm³/mol. The minimum Gasteiger partial charge on any atom is -0.302 e. The van der Waals surface area contributed by atoms with Crippen LogP contribution in [0.2, 0.25) is 0 Å². The fourth-order valence-electron chi connectivity index (χ4n) is 1.18. The molecular formula is C10H13BrN2O2S. The Kier molecular flexibility index (Phi) is 5.08. The van der Waals surface area contributed by atoms with Crippen molar-refractivity contribution in [1.29, 1.82) is 0 Å². The molecule has 0 aromatic carbocycles. The number of halogens is 1. The Bertz CT molecular complexity index is 404. The maximum absolute atomic E-state index is 11.5. The zero-order chi connectivity index (χ0) is 12.1. The molecule has 1 N–H and O–H groups in total. The van der Waals surface area contributed by atoms with Crippen LogP contribution in [-0.4, -0.2) is 22.0 Å². The van der Waals surface area contributed by atoms with E-state index in [1.165, 1.54) is 11.3 Å². The fraction of sp³-hybridized carbons (Fsp3) is 0.500. The Hall–Kier alpha value is -0.750. The van der Waals surface area contributed by atoms with Crippen molar-refractivity contribution in [2.45, 2.75) is 26.7 Å². The second kappa shape index (κ2) is 6.10. The molecule has 0 saturated carbocycles. The third-order valence-corrected chi connectivity index (χ3v) is 3.52. The summed E-state index contributed by atoms with van der Waals surface area (Å²) in [5, 5.41) is 3.46. The van der Waals surface area contributed by atoms with E-state index in [4.69, 9.17) is 0 Å². The van der Waals surface area contributed by atoms with Crippen LogP contribution >= 0.6 is 27.3 Å². The number of hydrogen-bond acceptors (Lipinski definition) is 4. The highest BCUT2D eigenvalue weighted by atomic mass is 79.9. The number of carbonyl (C=O) groups excluding carboxylic acids is 2. The normalized spacial score (nSPS) is 10.2. The lowest BCUT2D eigenvalue weighted by Gasteiger charge is -1.97. The largest absolute Gasteiger partial charge is 0.302 e. The molecule has 0 spiro atoms. The first kappa shape index (κ1) is 13.3. The van der Waals surface area contributed by atoms with Crippen molar-refractivity contribution < 1.29 is 9.59 Å². The first-order valence-corrected chi connectivity index (χ1v) is 6.88. The van der Waals surface area contributed by atoms with E-state index in [2.05, 4.69) is 26.2 Å². The highest BCUT2D eigenvalue weighted by Crippen LogP contribution is 2.23. The van der Waals surface area contributed by atoms with Gasteiger partial charge in [0.15, 0.2) is 10.9 Å². The molecule has 1 rings (SSSR count). The van der Waals surface area contributed by atoms with E-state index in [0.29, 0.717) is 22.1 Å². The lowest BCUT2D eigenvalue weighted by Crippen LogP contribution is -2.10. The molecule has 0 aliphatic rings. The van der Waals surface area contributed by atoms with Gasteiger partial charge in [-0.1, -0.05) is 34.2 Å². The van der Waals surface area contributed by atoms with E-state index < -0.39 is 0 Å². The van der Waals surface area contributed by atoms with Crippen LogP contribution in [0, 0.1) is 6.92 Å². The zero-order valence-corrected chi connectivity index (χ0v) is 11.6. The summed E-state index contributed by atoms with van der Waals surface area (Å²) in [5.74, 6) is -0.0694. The molecule has 0 saturated heterocycles. The van der Waals surface area contributed by atoms with Crippen LogP contribution in [0.15, 0.2) is 0 Å². The number of alkyl halides is 1. The summed E-state index contributed by atoms with van der Waals surface area (Å²) >= 11 is 4.34. The fourth-order valence-corrected chi connectivity index (χ4v) is 2.56. The molecule has 16 heavy (non-hydrogen) atoms. The topological polar surface area (TPSA) is 59.1 Å². The number of rotatable bonds is 5. The van der Waals surface area contributed by atoms with Crippen molar-refractivity contribution in [3.63, 3.8) is 0 Å². The number of Topliss-reactive ketones (excluding diaryl/α,β-unsaturated/α-hetero) is 1. The predicted octanol–water partition coefficient (Wildman–Crippen LogP) is 2.77. The Morgan fingerprint density at radius 3 is 2.75 bits per heavy atom. The molecule has 0 aliphatic heterocycles. The Morgan fingerprint density at radius 2 is 2.19 bits per heavy atom. The molecule has 0 bridgehead atoms. The lowest BCUT2D eigenvalue weighted by atomic mass is 10.3. The van der Waals surface area contributed by atoms with Gasteiger partial charge in [0.05, 0.1) is 15.9 Å². The van der Waals surface area contributed by atoms with E-state index in [1.54, 1.807) is 6.92 Å². The molecule has 0 unspecified atom stereocenters. The average molecular weight is 305 g/mol. The van der Waals surface area contributed by atoms with Gasteiger partial charge in [0, 0.05) is 6.42 Å². The first-order valence-electron chi connectivity index (χ1n) is 4.95. The van der Waals surface area contributed by atoms with E-state index >= 15 is 0 Å². The highest BCUT2D eigenvalue weighted by Gasteiger charge is 2.15. The van der Waals surface area contributed by atoms with Crippen molar-refractivity contribution >= 4 is 44.1 Å². The van der Waals surface area contributed by atoms with Crippen LogP contribution in [0.4, 0.5) is 5.13 Å². The number of thiazole rings is 1. The van der Waals surface area contributed by atoms with Gasteiger partial charge >= 0.3 is 0 Å². The second-order valence-corrected chi connectivity index (χ2v) is 4.85. The van der Waals surface area contributed by atoms with Crippen molar-refractivity contribution in [1.82, 2.24) is 4.98 Å². The molecular weight excluding hydrogens is 292 g/mol.